The molecule has 1 rings (SSSR count). The van der Waals surface area contributed by atoms with E-state index in [0.717, 1.165) is 0 Å². The monoisotopic (exact) mass is 146 g/mol. The Kier molecular flexibility index (Phi) is 2.58. The van der Waals surface area contributed by atoms with Gasteiger partial charge in [0.15, 0.2) is 0 Å². The predicted molar refractivity (Wildman–Crippen MR) is 34.2 cm³/mol. The van der Waals surface area contributed by atoms with Gasteiger partial charge in [-0.05, 0) is 0 Å². The quantitative estimate of drug-likeness (QED) is 0.526. The first-order valence-corrected chi connectivity index (χ1v) is 3.17. The first-order chi connectivity index (χ1) is 4.88. The van der Waals surface area contributed by atoms with E-state index in [-0.39, 0.29) is 12.6 Å². The van der Waals surface area contributed by atoms with Crippen LogP contribution in [-0.4, -0.2) is 42.5 Å². The van der Waals surface area contributed by atoms with Gasteiger partial charge in [-0.25, -0.2) is 0 Å². The summed E-state index contributed by atoms with van der Waals surface area (Å²) in [5.41, 5.74) is 0. The number of morpholine rings is 1. The predicted octanol–water partition coefficient (Wildman–Crippen LogP) is -0.639. The molecule has 5 nitrogen and oxygen atoms in total. The second kappa shape index (κ2) is 3.48. The summed E-state index contributed by atoms with van der Waals surface area (Å²) >= 11 is 0. The third kappa shape index (κ3) is 1.43. The van der Waals surface area contributed by atoms with Gasteiger partial charge in [0.2, 0.25) is 0 Å². The average Bonchev–Trinajstić information content (AvgIpc) is 2.04. The summed E-state index contributed by atoms with van der Waals surface area (Å²) in [5.74, 6) is 0. The van der Waals surface area contributed by atoms with Gasteiger partial charge in [0.25, 0.3) is 0 Å². The Bertz CT molecular complexity index is 119. The molecule has 1 aliphatic rings. The molecule has 1 N–H and O–H groups in total. The van der Waals surface area contributed by atoms with Gasteiger partial charge in [-0.2, -0.15) is 0 Å². The summed E-state index contributed by atoms with van der Waals surface area (Å²) in [7, 11) is 0. The lowest BCUT2D eigenvalue weighted by Gasteiger charge is -2.28. The van der Waals surface area contributed by atoms with Gasteiger partial charge < -0.3 is 9.84 Å². The number of nitroso groups, excluding NO2 is 1. The molecule has 1 heterocycles. The van der Waals surface area contributed by atoms with Crippen molar-refractivity contribution in [3.8, 4) is 0 Å². The van der Waals surface area contributed by atoms with Crippen LogP contribution in [-0.2, 0) is 4.74 Å². The maximum absolute atomic E-state index is 10.0. The number of aliphatic hydroxyl groups is 1. The van der Waals surface area contributed by atoms with Crippen molar-refractivity contribution < 1.29 is 9.84 Å². The van der Waals surface area contributed by atoms with Crippen molar-refractivity contribution in [3.05, 3.63) is 4.91 Å². The molecule has 10 heavy (non-hydrogen) atoms. The summed E-state index contributed by atoms with van der Waals surface area (Å²) in [6.45, 7) is 1.31. The second-order valence-corrected chi connectivity index (χ2v) is 2.16. The number of hydrogen-bond donors (Lipinski definition) is 1. The van der Waals surface area contributed by atoms with Crippen molar-refractivity contribution in [2.24, 2.45) is 5.29 Å². The van der Waals surface area contributed by atoms with Crippen LogP contribution in [0.2, 0.25) is 0 Å². The molecule has 0 aromatic carbocycles. The lowest BCUT2D eigenvalue weighted by molar-refractivity contribution is -0.0272. The van der Waals surface area contributed by atoms with Crippen LogP contribution in [0.15, 0.2) is 5.29 Å². The van der Waals surface area contributed by atoms with Crippen LogP contribution >= 0.6 is 0 Å². The Morgan fingerprint density at radius 2 is 2.60 bits per heavy atom. The molecule has 0 aromatic heterocycles. The Morgan fingerprint density at radius 1 is 1.80 bits per heavy atom. The fourth-order valence-corrected chi connectivity index (χ4v) is 0.901. The Morgan fingerprint density at radius 3 is 3.10 bits per heavy atom. The Hall–Kier alpha value is -0.680. The zero-order valence-electron chi connectivity index (χ0n) is 5.56. The molecular weight excluding hydrogens is 136 g/mol. The lowest BCUT2D eigenvalue weighted by atomic mass is 10.3. The van der Waals surface area contributed by atoms with E-state index < -0.39 is 0 Å². The number of ether oxygens (including phenoxy) is 1. The van der Waals surface area contributed by atoms with Crippen molar-refractivity contribution in [3.63, 3.8) is 0 Å². The van der Waals surface area contributed by atoms with Crippen molar-refractivity contribution in [1.82, 2.24) is 5.01 Å². The van der Waals surface area contributed by atoms with Crippen LogP contribution in [0.3, 0.4) is 0 Å². The molecule has 58 valence electrons. The summed E-state index contributed by atoms with van der Waals surface area (Å²) < 4.78 is 5.00. The number of hydrogen-bond acceptors (Lipinski definition) is 4. The molecule has 1 saturated heterocycles. The van der Waals surface area contributed by atoms with E-state index in [1.807, 2.05) is 0 Å². The fourth-order valence-electron chi connectivity index (χ4n) is 0.901. The van der Waals surface area contributed by atoms with E-state index in [0.29, 0.717) is 19.8 Å². The van der Waals surface area contributed by atoms with Gasteiger partial charge in [-0.1, -0.05) is 0 Å². The molecular formula is C5H10N2O3. The van der Waals surface area contributed by atoms with E-state index in [1.165, 1.54) is 5.01 Å². The molecule has 0 spiro atoms. The van der Waals surface area contributed by atoms with Gasteiger partial charge in [0.1, 0.15) is 0 Å². The van der Waals surface area contributed by atoms with E-state index in [9.17, 15) is 4.91 Å². The maximum atomic E-state index is 10.0. The van der Waals surface area contributed by atoms with Gasteiger partial charge >= 0.3 is 0 Å². The normalized spacial score (nSPS) is 26.5. The highest BCUT2D eigenvalue weighted by molar-refractivity contribution is 4.70. The average molecular weight is 146 g/mol. The summed E-state index contributed by atoms with van der Waals surface area (Å²) in [5, 5.41) is 12.7. The van der Waals surface area contributed by atoms with Crippen molar-refractivity contribution in [1.29, 1.82) is 0 Å². The van der Waals surface area contributed by atoms with Crippen LogP contribution in [0.25, 0.3) is 0 Å². The lowest BCUT2D eigenvalue weighted by Crippen LogP contribution is -2.43. The van der Waals surface area contributed by atoms with Crippen molar-refractivity contribution in [2.45, 2.75) is 6.04 Å². The Labute approximate surface area is 58.5 Å². The highest BCUT2D eigenvalue weighted by atomic mass is 16.5. The van der Waals surface area contributed by atoms with Gasteiger partial charge in [-0.15, -0.1) is 4.91 Å². The zero-order valence-corrected chi connectivity index (χ0v) is 5.56. The molecule has 1 aliphatic heterocycles. The first kappa shape index (κ1) is 7.43. The van der Waals surface area contributed by atoms with Crippen LogP contribution in [0, 0.1) is 4.91 Å². The fraction of sp³-hybridized carbons (Fsp3) is 1.00. The molecule has 0 aliphatic carbocycles. The highest BCUT2D eigenvalue weighted by Gasteiger charge is 2.21. The van der Waals surface area contributed by atoms with E-state index in [2.05, 4.69) is 5.29 Å². The standard InChI is InChI=1S/C5H10N2O3/c8-3-5-4-10-2-1-7(5)6-9/h5,8H,1-4H2/t5-/m1/s1. The van der Waals surface area contributed by atoms with Crippen LogP contribution < -0.4 is 0 Å². The third-order valence-corrected chi connectivity index (χ3v) is 1.51. The summed E-state index contributed by atoms with van der Waals surface area (Å²) in [4.78, 5) is 10.0. The molecule has 0 bridgehead atoms. The summed E-state index contributed by atoms with van der Waals surface area (Å²) in [6, 6.07) is -0.244. The smallest absolute Gasteiger partial charge is 0.0967 e. The van der Waals surface area contributed by atoms with Crippen LogP contribution in [0.4, 0.5) is 0 Å². The maximum Gasteiger partial charge on any atom is 0.0967 e. The SMILES string of the molecule is O=NN1CCOC[C@H]1CO. The highest BCUT2D eigenvalue weighted by Crippen LogP contribution is 2.05. The molecule has 1 atom stereocenters. The van der Waals surface area contributed by atoms with E-state index in [1.54, 1.807) is 0 Å². The number of aliphatic hydroxyl groups excluding tert-OH is 1. The minimum absolute atomic E-state index is 0.0776. The van der Waals surface area contributed by atoms with Gasteiger partial charge in [0, 0.05) is 0 Å². The van der Waals surface area contributed by atoms with Crippen LogP contribution in [0.1, 0.15) is 0 Å². The molecule has 0 unspecified atom stereocenters. The molecule has 0 radical (unpaired) electrons. The topological polar surface area (TPSA) is 62.1 Å². The van der Waals surface area contributed by atoms with Gasteiger partial charge in [0.05, 0.1) is 37.7 Å². The minimum Gasteiger partial charge on any atom is -0.394 e. The Balaban J connectivity index is 2.41. The molecule has 1 fully saturated rings. The first-order valence-electron chi connectivity index (χ1n) is 3.17. The zero-order chi connectivity index (χ0) is 7.40. The summed E-state index contributed by atoms with van der Waals surface area (Å²) in [6.07, 6.45) is 0. The molecule has 0 aromatic rings. The van der Waals surface area contributed by atoms with E-state index >= 15 is 0 Å². The minimum atomic E-state index is -0.244. The second-order valence-electron chi connectivity index (χ2n) is 2.16. The molecule has 0 amide bonds. The van der Waals surface area contributed by atoms with Gasteiger partial charge in [-0.3, -0.25) is 5.01 Å². The number of nitrogens with zero attached hydrogens (tertiary/aromatic N) is 2. The van der Waals surface area contributed by atoms with Crippen molar-refractivity contribution >= 4 is 0 Å². The third-order valence-electron chi connectivity index (χ3n) is 1.51. The number of rotatable bonds is 2. The largest absolute Gasteiger partial charge is 0.394 e. The van der Waals surface area contributed by atoms with Crippen LogP contribution in [0.5, 0.6) is 0 Å². The molecule has 5 heteroatoms. The molecule has 0 saturated carbocycles. The van der Waals surface area contributed by atoms with E-state index in [4.69, 9.17) is 9.84 Å². The van der Waals surface area contributed by atoms with Crippen molar-refractivity contribution in [2.75, 3.05) is 26.4 Å².